The van der Waals surface area contributed by atoms with Crippen LogP contribution in [0.5, 0.6) is 0 Å². The van der Waals surface area contributed by atoms with Crippen molar-refractivity contribution < 1.29 is 27.5 Å². The number of furan rings is 1. The molecule has 5 nitrogen and oxygen atoms in total. The number of aliphatic hydroxyl groups is 1. The van der Waals surface area contributed by atoms with Crippen molar-refractivity contribution in [3.05, 3.63) is 74.4 Å². The van der Waals surface area contributed by atoms with Gasteiger partial charge in [0.1, 0.15) is 11.5 Å². The molecule has 174 valence electrons. The lowest BCUT2D eigenvalue weighted by molar-refractivity contribution is -0.265. The Morgan fingerprint density at radius 2 is 1.82 bits per heavy atom. The van der Waals surface area contributed by atoms with Crippen LogP contribution in [0.15, 0.2) is 46.9 Å². The summed E-state index contributed by atoms with van der Waals surface area (Å²) >= 11 is 18.2. The molecular formula is C22H16Cl3F3N2O3. The molecule has 0 spiro atoms. The number of carbonyl (C=O) groups excluding carboxylic acids is 1. The maximum Gasteiger partial charge on any atom is 0.421 e. The molecule has 1 aromatic heterocycles. The van der Waals surface area contributed by atoms with Gasteiger partial charge in [-0.2, -0.15) is 13.2 Å². The minimum Gasteiger partial charge on any atom is -0.459 e. The van der Waals surface area contributed by atoms with Crippen molar-refractivity contribution >= 4 is 46.5 Å². The van der Waals surface area contributed by atoms with Gasteiger partial charge in [-0.25, -0.2) is 4.79 Å². The second-order valence-electron chi connectivity index (χ2n) is 7.51. The lowest BCUT2D eigenvalue weighted by Crippen LogP contribution is -2.40. The van der Waals surface area contributed by atoms with Crippen molar-refractivity contribution in [2.24, 2.45) is 0 Å². The summed E-state index contributed by atoms with van der Waals surface area (Å²) in [5, 5.41) is 15.4. The van der Waals surface area contributed by atoms with Crippen LogP contribution in [0.4, 0.5) is 23.7 Å². The molecule has 0 aliphatic heterocycles. The molecule has 0 radical (unpaired) electrons. The Balaban J connectivity index is 1.45. The van der Waals surface area contributed by atoms with Crippen LogP contribution < -0.4 is 10.6 Å². The van der Waals surface area contributed by atoms with Gasteiger partial charge in [-0.15, -0.1) is 0 Å². The Labute approximate surface area is 201 Å². The number of fused-ring (bicyclic) bond motifs is 1. The van der Waals surface area contributed by atoms with E-state index in [2.05, 4.69) is 10.6 Å². The molecule has 1 unspecified atom stereocenters. The van der Waals surface area contributed by atoms with E-state index in [0.29, 0.717) is 16.5 Å². The fraction of sp³-hybridized carbons (Fsp3) is 0.227. The minimum absolute atomic E-state index is 0.0351. The number of hydrogen-bond acceptors (Lipinski definition) is 3. The molecule has 0 fully saturated rings. The van der Waals surface area contributed by atoms with Gasteiger partial charge in [-0.05, 0) is 66.4 Å². The molecule has 1 heterocycles. The summed E-state index contributed by atoms with van der Waals surface area (Å²) in [5.41, 5.74) is -2.57. The molecule has 1 aliphatic carbocycles. The number of halogens is 6. The third-order valence-electron chi connectivity index (χ3n) is 5.42. The predicted octanol–water partition coefficient (Wildman–Crippen LogP) is 6.92. The number of amides is 2. The summed E-state index contributed by atoms with van der Waals surface area (Å²) in [6.45, 7) is 0.0351. The molecule has 1 aliphatic rings. The molecule has 3 aromatic rings. The quantitative estimate of drug-likeness (QED) is 0.350. The van der Waals surface area contributed by atoms with Crippen LogP contribution in [0, 0.1) is 0 Å². The number of carbonyl (C=O) groups is 1. The number of nitrogens with one attached hydrogen (secondary N) is 2. The molecule has 4 rings (SSSR count). The van der Waals surface area contributed by atoms with Crippen molar-refractivity contribution in [2.45, 2.75) is 31.2 Å². The van der Waals surface area contributed by atoms with E-state index >= 15 is 0 Å². The number of alkyl halides is 3. The first-order valence-electron chi connectivity index (χ1n) is 9.69. The normalized spacial score (nSPS) is 17.7. The van der Waals surface area contributed by atoms with Crippen molar-refractivity contribution in [1.29, 1.82) is 0 Å². The number of rotatable bonds is 4. The molecule has 2 aromatic carbocycles. The predicted molar refractivity (Wildman–Crippen MR) is 120 cm³/mol. The fourth-order valence-corrected chi connectivity index (χ4v) is 4.46. The smallest absolute Gasteiger partial charge is 0.421 e. The first-order valence-corrected chi connectivity index (χ1v) is 10.8. The Morgan fingerprint density at radius 3 is 2.48 bits per heavy atom. The Morgan fingerprint density at radius 1 is 1.12 bits per heavy atom. The lowest BCUT2D eigenvalue weighted by Gasteiger charge is -2.27. The molecule has 0 saturated heterocycles. The first kappa shape index (κ1) is 23.8. The second kappa shape index (κ2) is 8.76. The Bertz CT molecular complexity index is 1210. The third-order valence-corrected chi connectivity index (χ3v) is 6.39. The van der Waals surface area contributed by atoms with Gasteiger partial charge in [-0.1, -0.05) is 34.8 Å². The molecule has 1 atom stereocenters. The van der Waals surface area contributed by atoms with Crippen LogP contribution in [-0.4, -0.2) is 17.3 Å². The van der Waals surface area contributed by atoms with E-state index in [1.807, 2.05) is 0 Å². The highest BCUT2D eigenvalue weighted by atomic mass is 35.5. The zero-order valence-electron chi connectivity index (χ0n) is 16.7. The number of urea groups is 1. The van der Waals surface area contributed by atoms with Gasteiger partial charge in [0.05, 0.1) is 22.3 Å². The van der Waals surface area contributed by atoms with Crippen LogP contribution in [0.25, 0.3) is 11.3 Å². The van der Waals surface area contributed by atoms with Crippen LogP contribution >= 0.6 is 34.8 Å². The number of benzene rings is 2. The maximum atomic E-state index is 13.4. The van der Waals surface area contributed by atoms with E-state index in [9.17, 15) is 23.1 Å². The first-order chi connectivity index (χ1) is 15.5. The monoisotopic (exact) mass is 518 g/mol. The van der Waals surface area contributed by atoms with Crippen molar-refractivity contribution in [3.8, 4) is 11.3 Å². The number of hydrogen-bond donors (Lipinski definition) is 3. The summed E-state index contributed by atoms with van der Waals surface area (Å²) in [6.07, 6.45) is -5.57. The van der Waals surface area contributed by atoms with E-state index in [4.69, 9.17) is 39.2 Å². The van der Waals surface area contributed by atoms with Crippen LogP contribution in [0.3, 0.4) is 0 Å². The van der Waals surface area contributed by atoms with Gasteiger partial charge in [0.25, 0.3) is 0 Å². The van der Waals surface area contributed by atoms with E-state index < -0.39 is 29.8 Å². The van der Waals surface area contributed by atoms with Gasteiger partial charge >= 0.3 is 12.2 Å². The Hall–Kier alpha value is -2.39. The van der Waals surface area contributed by atoms with Crippen molar-refractivity contribution in [2.75, 3.05) is 5.32 Å². The molecule has 0 bridgehead atoms. The molecule has 11 heteroatoms. The molecule has 2 amide bonds. The standard InChI is InChI=1S/C22H16Cl3F3N2O3/c23-12-3-1-11(2-4-12)17-6-5-13(33-17)10-29-20(31)30-19-16(24)9-15-14(18(19)25)7-8-21(15,32)22(26,27)28/h1-6,9,32H,7-8,10H2,(H2,29,30,31). The maximum absolute atomic E-state index is 13.4. The zero-order valence-corrected chi connectivity index (χ0v) is 19.0. The van der Waals surface area contributed by atoms with Crippen LogP contribution in [-0.2, 0) is 18.6 Å². The van der Waals surface area contributed by atoms with Crippen LogP contribution in [0.1, 0.15) is 23.3 Å². The van der Waals surface area contributed by atoms with Gasteiger partial charge < -0.3 is 20.2 Å². The molecule has 0 saturated carbocycles. The van der Waals surface area contributed by atoms with Gasteiger partial charge in [-0.3, -0.25) is 0 Å². The number of anilines is 1. The highest BCUT2D eigenvalue weighted by Crippen LogP contribution is 2.52. The van der Waals surface area contributed by atoms with Gasteiger partial charge in [0.2, 0.25) is 0 Å². The average Bonchev–Trinajstić information content (AvgIpc) is 3.36. The second-order valence-corrected chi connectivity index (χ2v) is 8.73. The highest BCUT2D eigenvalue weighted by molar-refractivity contribution is 6.40. The summed E-state index contributed by atoms with van der Waals surface area (Å²) in [6, 6.07) is 10.8. The SMILES string of the molecule is O=C(NCc1ccc(-c2ccc(Cl)cc2)o1)Nc1c(Cl)cc2c(c1Cl)CCC2(O)C(F)(F)F. The Kier molecular flexibility index (Phi) is 6.30. The van der Waals surface area contributed by atoms with E-state index in [0.717, 1.165) is 11.6 Å². The van der Waals surface area contributed by atoms with E-state index in [-0.39, 0.29) is 34.3 Å². The van der Waals surface area contributed by atoms with Crippen molar-refractivity contribution in [1.82, 2.24) is 5.32 Å². The highest BCUT2D eigenvalue weighted by Gasteiger charge is 2.58. The third kappa shape index (κ3) is 4.53. The largest absolute Gasteiger partial charge is 0.459 e. The molecular weight excluding hydrogens is 504 g/mol. The lowest BCUT2D eigenvalue weighted by atomic mass is 9.95. The molecule has 33 heavy (non-hydrogen) atoms. The van der Waals surface area contributed by atoms with Gasteiger partial charge in [0, 0.05) is 10.6 Å². The molecule has 3 N–H and O–H groups in total. The topological polar surface area (TPSA) is 74.5 Å². The average molecular weight is 520 g/mol. The summed E-state index contributed by atoms with van der Waals surface area (Å²) in [5.74, 6) is 1.06. The van der Waals surface area contributed by atoms with Crippen LogP contribution in [0.2, 0.25) is 15.1 Å². The summed E-state index contributed by atoms with van der Waals surface area (Å²) in [7, 11) is 0. The van der Waals surface area contributed by atoms with E-state index in [1.54, 1.807) is 36.4 Å². The van der Waals surface area contributed by atoms with Crippen molar-refractivity contribution in [3.63, 3.8) is 0 Å². The fourth-order valence-electron chi connectivity index (χ4n) is 3.69. The van der Waals surface area contributed by atoms with Gasteiger partial charge in [0.15, 0.2) is 5.60 Å². The van der Waals surface area contributed by atoms with E-state index in [1.165, 1.54) is 0 Å². The summed E-state index contributed by atoms with van der Waals surface area (Å²) in [4.78, 5) is 12.4. The minimum atomic E-state index is -4.88. The zero-order chi connectivity index (χ0) is 24.0. The summed E-state index contributed by atoms with van der Waals surface area (Å²) < 4.78 is 45.8.